The quantitative estimate of drug-likeness (QED) is 0.358. The van der Waals surface area contributed by atoms with Crippen LogP contribution in [0.15, 0.2) is 0 Å². The second kappa shape index (κ2) is 11.7. The lowest BCUT2D eigenvalue weighted by Crippen LogP contribution is -2.42. The molecule has 0 atom stereocenters. The normalized spacial score (nSPS) is 12.9. The molecule has 0 spiro atoms. The van der Waals surface area contributed by atoms with E-state index >= 15 is 0 Å². The van der Waals surface area contributed by atoms with Gasteiger partial charge in [0.1, 0.15) is 0 Å². The molecule has 0 aromatic heterocycles. The summed E-state index contributed by atoms with van der Waals surface area (Å²) in [7, 11) is 5.06. The maximum absolute atomic E-state index is 5.39. The van der Waals surface area contributed by atoms with Gasteiger partial charge in [0.15, 0.2) is 0 Å². The third-order valence-electron chi connectivity index (χ3n) is 3.65. The highest BCUT2D eigenvalue weighted by molar-refractivity contribution is 6.60. The zero-order chi connectivity index (χ0) is 16.2. The van der Waals surface area contributed by atoms with E-state index in [0.29, 0.717) is 0 Å². The van der Waals surface area contributed by atoms with E-state index in [9.17, 15) is 0 Å². The van der Waals surface area contributed by atoms with Crippen molar-refractivity contribution in [1.29, 1.82) is 0 Å². The Morgan fingerprint density at radius 2 is 0.857 bits per heavy atom. The molecule has 0 N–H and O–H groups in total. The van der Waals surface area contributed by atoms with Crippen LogP contribution in [0.25, 0.3) is 0 Å². The first-order valence-corrected chi connectivity index (χ1v) is 11.1. The molecule has 0 bridgehead atoms. The van der Waals surface area contributed by atoms with Crippen molar-refractivity contribution in [2.24, 2.45) is 0 Å². The van der Waals surface area contributed by atoms with Crippen LogP contribution in [-0.4, -0.2) is 60.3 Å². The molecule has 0 heterocycles. The minimum Gasteiger partial charge on any atom is -0.377 e. The van der Waals surface area contributed by atoms with Crippen molar-refractivity contribution in [1.82, 2.24) is 0 Å². The van der Waals surface area contributed by atoms with Gasteiger partial charge in [-0.25, -0.2) is 0 Å². The van der Waals surface area contributed by atoms with Crippen LogP contribution in [0.3, 0.4) is 0 Å². The fourth-order valence-corrected chi connectivity index (χ4v) is 5.68. The van der Waals surface area contributed by atoms with Gasteiger partial charge in [-0.1, -0.05) is 12.8 Å². The van der Waals surface area contributed by atoms with Gasteiger partial charge in [-0.2, -0.15) is 0 Å². The Hall–Kier alpha value is 0.194. The zero-order valence-corrected chi connectivity index (χ0v) is 16.3. The fraction of sp³-hybridized carbons (Fsp3) is 0.923. The SMILES string of the molecule is CO[Si](CCC[CH]CCC[Si](OC)(OC)OC)(OC)OC. The summed E-state index contributed by atoms with van der Waals surface area (Å²) in [5.74, 6) is 0. The average Bonchev–Trinajstić information content (AvgIpc) is 2.55. The molecule has 0 unspecified atom stereocenters. The fourth-order valence-electron chi connectivity index (χ4n) is 2.18. The summed E-state index contributed by atoms with van der Waals surface area (Å²) in [4.78, 5) is 0. The van der Waals surface area contributed by atoms with Crippen LogP contribution >= 0.6 is 0 Å². The lowest BCUT2D eigenvalue weighted by atomic mass is 10.2. The molecule has 127 valence electrons. The predicted molar refractivity (Wildman–Crippen MR) is 85.9 cm³/mol. The Morgan fingerprint density at radius 1 is 0.571 bits per heavy atom. The van der Waals surface area contributed by atoms with Crippen LogP contribution in [0.5, 0.6) is 0 Å². The van der Waals surface area contributed by atoms with E-state index in [-0.39, 0.29) is 0 Å². The van der Waals surface area contributed by atoms with Gasteiger partial charge in [-0.15, -0.1) is 0 Å². The van der Waals surface area contributed by atoms with Crippen molar-refractivity contribution < 1.29 is 26.6 Å². The first-order valence-electron chi connectivity index (χ1n) is 7.20. The van der Waals surface area contributed by atoms with Crippen molar-refractivity contribution in [2.75, 3.05) is 42.7 Å². The molecule has 0 fully saturated rings. The molecule has 1 radical (unpaired) electrons. The Morgan fingerprint density at radius 3 is 1.10 bits per heavy atom. The molecule has 0 rings (SSSR count). The summed E-state index contributed by atoms with van der Waals surface area (Å²) in [5.41, 5.74) is 0. The summed E-state index contributed by atoms with van der Waals surface area (Å²) < 4.78 is 32.3. The summed E-state index contributed by atoms with van der Waals surface area (Å²) in [6.45, 7) is 0. The molecular formula is C13H31O6Si2. The number of hydrogen-bond donors (Lipinski definition) is 0. The Bertz CT molecular complexity index is 206. The van der Waals surface area contributed by atoms with Gasteiger partial charge in [0.25, 0.3) is 0 Å². The van der Waals surface area contributed by atoms with Crippen LogP contribution in [-0.2, 0) is 26.6 Å². The van der Waals surface area contributed by atoms with Gasteiger partial charge in [0.2, 0.25) is 0 Å². The van der Waals surface area contributed by atoms with Gasteiger partial charge in [-0.3, -0.25) is 0 Å². The Kier molecular flexibility index (Phi) is 11.8. The highest BCUT2D eigenvalue weighted by Crippen LogP contribution is 2.20. The van der Waals surface area contributed by atoms with E-state index in [4.69, 9.17) is 26.6 Å². The highest BCUT2D eigenvalue weighted by atomic mass is 28.4. The summed E-state index contributed by atoms with van der Waals surface area (Å²) in [6, 6.07) is 1.67. The van der Waals surface area contributed by atoms with Gasteiger partial charge >= 0.3 is 17.6 Å². The molecular weight excluding hydrogens is 308 g/mol. The molecule has 0 amide bonds. The average molecular weight is 340 g/mol. The summed E-state index contributed by atoms with van der Waals surface area (Å²) in [6.07, 6.45) is 6.32. The van der Waals surface area contributed by atoms with Gasteiger partial charge in [0, 0.05) is 54.7 Å². The molecule has 8 heteroatoms. The molecule has 0 aliphatic carbocycles. The molecule has 0 aliphatic rings. The van der Waals surface area contributed by atoms with E-state index in [1.54, 1.807) is 42.7 Å². The van der Waals surface area contributed by atoms with E-state index in [0.717, 1.165) is 37.8 Å². The molecule has 21 heavy (non-hydrogen) atoms. The van der Waals surface area contributed by atoms with Crippen molar-refractivity contribution >= 4 is 17.6 Å². The predicted octanol–water partition coefficient (Wildman–Crippen LogP) is 2.51. The van der Waals surface area contributed by atoms with Crippen molar-refractivity contribution in [3.63, 3.8) is 0 Å². The first kappa shape index (κ1) is 21.2. The standard InChI is InChI=1S/C13H31O6Si2/c1-14-20(15-2,16-3)12-10-8-7-9-11-13-21(17-4,18-5)19-6/h7H,8-13H2,1-6H3. The van der Waals surface area contributed by atoms with Crippen molar-refractivity contribution in [3.8, 4) is 0 Å². The Balaban J connectivity index is 3.78. The lowest BCUT2D eigenvalue weighted by Gasteiger charge is -2.24. The summed E-state index contributed by atoms with van der Waals surface area (Å²) in [5, 5.41) is 0. The van der Waals surface area contributed by atoms with Crippen LogP contribution in [0.4, 0.5) is 0 Å². The Labute approximate surface area is 131 Å². The largest absolute Gasteiger partial charge is 0.500 e. The molecule has 0 aliphatic heterocycles. The third-order valence-corrected chi connectivity index (χ3v) is 9.31. The second-order valence-corrected chi connectivity index (χ2v) is 10.8. The molecule has 0 saturated heterocycles. The molecule has 6 nitrogen and oxygen atoms in total. The lowest BCUT2D eigenvalue weighted by molar-refractivity contribution is 0.123. The van der Waals surface area contributed by atoms with Crippen LogP contribution in [0.2, 0.25) is 12.1 Å². The zero-order valence-electron chi connectivity index (χ0n) is 14.3. The molecule has 0 aromatic rings. The molecule has 0 saturated carbocycles. The van der Waals surface area contributed by atoms with Gasteiger partial charge < -0.3 is 26.6 Å². The van der Waals surface area contributed by atoms with E-state index in [1.807, 2.05) is 0 Å². The van der Waals surface area contributed by atoms with Crippen molar-refractivity contribution in [3.05, 3.63) is 6.42 Å². The number of unbranched alkanes of at least 4 members (excludes halogenated alkanes) is 4. The minimum atomic E-state index is -2.41. The summed E-state index contributed by atoms with van der Waals surface area (Å²) >= 11 is 0. The monoisotopic (exact) mass is 339 g/mol. The number of hydrogen-bond acceptors (Lipinski definition) is 6. The van der Waals surface area contributed by atoms with E-state index < -0.39 is 17.6 Å². The maximum atomic E-state index is 5.39. The van der Waals surface area contributed by atoms with Crippen LogP contribution in [0.1, 0.15) is 25.7 Å². The smallest absolute Gasteiger partial charge is 0.377 e. The topological polar surface area (TPSA) is 55.4 Å². The van der Waals surface area contributed by atoms with E-state index in [1.165, 1.54) is 0 Å². The minimum absolute atomic E-state index is 0.833. The van der Waals surface area contributed by atoms with Gasteiger partial charge in [-0.05, 0) is 19.3 Å². The molecule has 0 aromatic carbocycles. The van der Waals surface area contributed by atoms with Crippen molar-refractivity contribution in [2.45, 2.75) is 37.8 Å². The second-order valence-electron chi connectivity index (χ2n) is 4.66. The first-order chi connectivity index (χ1) is 10.1. The maximum Gasteiger partial charge on any atom is 0.500 e. The highest BCUT2D eigenvalue weighted by Gasteiger charge is 2.37. The van der Waals surface area contributed by atoms with Crippen LogP contribution in [0, 0.1) is 6.42 Å². The third kappa shape index (κ3) is 7.33. The van der Waals surface area contributed by atoms with E-state index in [2.05, 4.69) is 6.42 Å². The number of rotatable bonds is 14. The van der Waals surface area contributed by atoms with Gasteiger partial charge in [0.05, 0.1) is 0 Å². The van der Waals surface area contributed by atoms with Crippen LogP contribution < -0.4 is 0 Å².